The van der Waals surface area contributed by atoms with Crippen LogP contribution in [0, 0.1) is 6.92 Å². The van der Waals surface area contributed by atoms with Gasteiger partial charge < -0.3 is 20.3 Å². The van der Waals surface area contributed by atoms with Gasteiger partial charge in [0.1, 0.15) is 0 Å². The standard InChI is InChI=1S/C22H37N7OS.HI/c1-6-23-22(24-14-19(27(3)4)18-13-26-28(5)16-18)25-15-20(21-8-7-17(2)31-21)29-9-11-30-12-10-29;/h7-8,13,16,19-20H,6,9-12,14-15H2,1-5H3,(H2,23,24,25);1H. The fourth-order valence-corrected chi connectivity index (χ4v) is 4.83. The van der Waals surface area contributed by atoms with E-state index in [0.29, 0.717) is 0 Å². The highest BCUT2D eigenvalue weighted by molar-refractivity contribution is 14.0. The molecule has 0 amide bonds. The van der Waals surface area contributed by atoms with Crippen LogP contribution in [0.5, 0.6) is 0 Å². The van der Waals surface area contributed by atoms with Gasteiger partial charge in [0, 0.05) is 54.7 Å². The normalized spacial score (nSPS) is 17.1. The monoisotopic (exact) mass is 575 g/mol. The van der Waals surface area contributed by atoms with Crippen molar-refractivity contribution in [2.45, 2.75) is 25.9 Å². The molecule has 3 heterocycles. The van der Waals surface area contributed by atoms with Crippen LogP contribution in [0.2, 0.25) is 0 Å². The van der Waals surface area contributed by atoms with E-state index >= 15 is 0 Å². The highest BCUT2D eigenvalue weighted by Gasteiger charge is 2.24. The van der Waals surface area contributed by atoms with Gasteiger partial charge in [-0.05, 0) is 40.1 Å². The Labute approximate surface area is 213 Å². The zero-order valence-electron chi connectivity index (χ0n) is 19.9. The van der Waals surface area contributed by atoms with Gasteiger partial charge in [0.25, 0.3) is 0 Å². The lowest BCUT2D eigenvalue weighted by atomic mass is 10.1. The quantitative estimate of drug-likeness (QED) is 0.272. The fraction of sp³-hybridized carbons (Fsp3) is 0.636. The van der Waals surface area contributed by atoms with Gasteiger partial charge >= 0.3 is 0 Å². The van der Waals surface area contributed by atoms with Crippen molar-refractivity contribution in [2.75, 3.05) is 60.0 Å². The van der Waals surface area contributed by atoms with Crippen molar-refractivity contribution in [1.82, 2.24) is 30.2 Å². The van der Waals surface area contributed by atoms with Crippen LogP contribution in [0.3, 0.4) is 0 Å². The minimum Gasteiger partial charge on any atom is -0.379 e. The number of nitrogens with zero attached hydrogens (tertiary/aromatic N) is 5. The van der Waals surface area contributed by atoms with Crippen LogP contribution in [-0.4, -0.2) is 85.6 Å². The average Bonchev–Trinajstić information content (AvgIpc) is 3.37. The second-order valence-corrected chi connectivity index (χ2v) is 9.46. The number of morpholine rings is 1. The van der Waals surface area contributed by atoms with Gasteiger partial charge in [0.15, 0.2) is 5.96 Å². The maximum absolute atomic E-state index is 5.58. The van der Waals surface area contributed by atoms with Gasteiger partial charge in [-0.3, -0.25) is 14.6 Å². The molecule has 0 saturated carbocycles. The van der Waals surface area contributed by atoms with Crippen LogP contribution < -0.4 is 10.6 Å². The Hall–Kier alpha value is -1.21. The molecule has 2 atom stereocenters. The Bertz CT molecular complexity index is 832. The lowest BCUT2D eigenvalue weighted by Gasteiger charge is -2.33. The first-order valence-corrected chi connectivity index (χ1v) is 11.8. The Balaban J connectivity index is 0.00000363. The van der Waals surface area contributed by atoms with E-state index in [1.165, 1.54) is 15.3 Å². The molecule has 2 N–H and O–H groups in total. The Morgan fingerprint density at radius 3 is 2.59 bits per heavy atom. The molecule has 2 aromatic heterocycles. The Morgan fingerprint density at radius 1 is 1.28 bits per heavy atom. The summed E-state index contributed by atoms with van der Waals surface area (Å²) >= 11 is 1.87. The van der Waals surface area contributed by atoms with Crippen LogP contribution in [0.4, 0.5) is 0 Å². The van der Waals surface area contributed by atoms with Crippen LogP contribution in [-0.2, 0) is 11.8 Å². The van der Waals surface area contributed by atoms with Crippen molar-refractivity contribution in [1.29, 1.82) is 0 Å². The predicted molar refractivity (Wildman–Crippen MR) is 143 cm³/mol. The number of nitrogens with one attached hydrogen (secondary N) is 2. The molecule has 2 aromatic rings. The number of hydrogen-bond acceptors (Lipinski definition) is 6. The second kappa shape index (κ2) is 13.5. The molecule has 1 saturated heterocycles. The summed E-state index contributed by atoms with van der Waals surface area (Å²) in [7, 11) is 6.14. The van der Waals surface area contributed by atoms with Gasteiger partial charge in [-0.2, -0.15) is 5.10 Å². The molecule has 0 aliphatic carbocycles. The fourth-order valence-electron chi connectivity index (χ4n) is 3.83. The maximum Gasteiger partial charge on any atom is 0.191 e. The molecular formula is C22H38IN7OS. The molecule has 180 valence electrons. The molecule has 0 aromatic carbocycles. The number of aromatic nitrogens is 2. The predicted octanol–water partition coefficient (Wildman–Crippen LogP) is 2.64. The molecular weight excluding hydrogens is 537 g/mol. The molecule has 0 bridgehead atoms. The number of thiophene rings is 1. The summed E-state index contributed by atoms with van der Waals surface area (Å²) in [6.07, 6.45) is 4.01. The third kappa shape index (κ3) is 7.68. The first-order chi connectivity index (χ1) is 15.0. The number of aryl methyl sites for hydroxylation is 2. The van der Waals surface area contributed by atoms with Gasteiger partial charge in [-0.25, -0.2) is 0 Å². The van der Waals surface area contributed by atoms with E-state index in [-0.39, 0.29) is 36.1 Å². The molecule has 1 aliphatic rings. The van der Waals surface area contributed by atoms with Crippen molar-refractivity contribution in [3.63, 3.8) is 0 Å². The molecule has 1 aliphatic heterocycles. The highest BCUT2D eigenvalue weighted by Crippen LogP contribution is 2.28. The van der Waals surface area contributed by atoms with E-state index < -0.39 is 0 Å². The van der Waals surface area contributed by atoms with Crippen LogP contribution in [0.1, 0.15) is 34.3 Å². The van der Waals surface area contributed by atoms with Gasteiger partial charge in [-0.15, -0.1) is 35.3 Å². The highest BCUT2D eigenvalue weighted by atomic mass is 127. The van der Waals surface area contributed by atoms with Crippen molar-refractivity contribution >= 4 is 41.3 Å². The van der Waals surface area contributed by atoms with E-state index in [1.807, 2.05) is 29.3 Å². The summed E-state index contributed by atoms with van der Waals surface area (Å²) in [6, 6.07) is 4.95. The molecule has 10 heteroatoms. The zero-order chi connectivity index (χ0) is 22.2. The lowest BCUT2D eigenvalue weighted by Crippen LogP contribution is -2.43. The number of halogens is 1. The van der Waals surface area contributed by atoms with E-state index in [9.17, 15) is 0 Å². The first-order valence-electron chi connectivity index (χ1n) is 11.0. The van der Waals surface area contributed by atoms with Crippen LogP contribution in [0.15, 0.2) is 29.5 Å². The maximum atomic E-state index is 5.58. The molecule has 0 radical (unpaired) electrons. The second-order valence-electron chi connectivity index (χ2n) is 8.14. The van der Waals surface area contributed by atoms with E-state index in [1.54, 1.807) is 0 Å². The smallest absolute Gasteiger partial charge is 0.191 e. The number of likely N-dealkylation sites (N-methyl/N-ethyl adjacent to an activating group) is 1. The number of rotatable bonds is 9. The van der Waals surface area contributed by atoms with Crippen molar-refractivity contribution in [3.8, 4) is 0 Å². The van der Waals surface area contributed by atoms with Gasteiger partial charge in [0.2, 0.25) is 0 Å². The molecule has 0 spiro atoms. The first kappa shape index (κ1) is 27.0. The van der Waals surface area contributed by atoms with E-state index in [0.717, 1.165) is 51.9 Å². The van der Waals surface area contributed by atoms with Gasteiger partial charge in [-0.1, -0.05) is 0 Å². The van der Waals surface area contributed by atoms with Crippen LogP contribution in [0.25, 0.3) is 0 Å². The summed E-state index contributed by atoms with van der Waals surface area (Å²) in [5.41, 5.74) is 1.19. The third-order valence-electron chi connectivity index (χ3n) is 5.54. The number of ether oxygens (including phenoxy) is 1. The molecule has 1 fully saturated rings. The SMILES string of the molecule is CCNC(=NCC(c1ccc(C)s1)N1CCOCC1)NCC(c1cnn(C)c1)N(C)C.I. The summed E-state index contributed by atoms with van der Waals surface area (Å²) in [6.45, 7) is 10.0. The number of hydrogen-bond donors (Lipinski definition) is 2. The summed E-state index contributed by atoms with van der Waals surface area (Å²) in [5, 5.41) is 11.3. The van der Waals surface area contributed by atoms with E-state index in [2.05, 4.69) is 71.8 Å². The molecule has 3 rings (SSSR count). The van der Waals surface area contributed by atoms with Crippen molar-refractivity contribution in [3.05, 3.63) is 39.8 Å². The third-order valence-corrected chi connectivity index (χ3v) is 6.64. The molecule has 32 heavy (non-hydrogen) atoms. The minimum absolute atomic E-state index is 0. The van der Waals surface area contributed by atoms with Crippen molar-refractivity contribution in [2.24, 2.45) is 12.0 Å². The largest absolute Gasteiger partial charge is 0.379 e. The summed E-state index contributed by atoms with van der Waals surface area (Å²) in [5.74, 6) is 0.852. The Kier molecular flexibility index (Phi) is 11.4. The topological polar surface area (TPSA) is 70.0 Å². The Morgan fingerprint density at radius 2 is 2.03 bits per heavy atom. The minimum atomic E-state index is 0. The lowest BCUT2D eigenvalue weighted by molar-refractivity contribution is 0.0186. The summed E-state index contributed by atoms with van der Waals surface area (Å²) < 4.78 is 7.42. The zero-order valence-corrected chi connectivity index (χ0v) is 23.0. The number of aliphatic imine (C=N–C) groups is 1. The molecule has 8 nitrogen and oxygen atoms in total. The average molecular weight is 576 g/mol. The summed E-state index contributed by atoms with van der Waals surface area (Å²) in [4.78, 5) is 12.4. The van der Waals surface area contributed by atoms with Gasteiger partial charge in [0.05, 0.1) is 38.0 Å². The number of guanidine groups is 1. The molecule has 2 unspecified atom stereocenters. The van der Waals surface area contributed by atoms with E-state index in [4.69, 9.17) is 9.73 Å². The van der Waals surface area contributed by atoms with Crippen LogP contribution >= 0.6 is 35.3 Å². The van der Waals surface area contributed by atoms with Crippen molar-refractivity contribution < 1.29 is 4.74 Å².